The van der Waals surface area contributed by atoms with Crippen molar-refractivity contribution in [1.82, 2.24) is 19.2 Å². The summed E-state index contributed by atoms with van der Waals surface area (Å²) in [6.07, 6.45) is 9.23. The van der Waals surface area contributed by atoms with E-state index in [4.69, 9.17) is 9.15 Å². The molecular formula is C38H54FN5O8S. The summed E-state index contributed by atoms with van der Waals surface area (Å²) in [4.78, 5) is 55.4. The van der Waals surface area contributed by atoms with Crippen LogP contribution in [0.25, 0.3) is 11.0 Å². The molecule has 2 aromatic rings. The topological polar surface area (TPSA) is 167 Å². The molecule has 0 bridgehead atoms. The van der Waals surface area contributed by atoms with Gasteiger partial charge in [-0.05, 0) is 108 Å². The fourth-order valence-electron chi connectivity index (χ4n) is 8.81. The summed E-state index contributed by atoms with van der Waals surface area (Å²) in [6, 6.07) is 5.07. The van der Waals surface area contributed by atoms with E-state index in [0.29, 0.717) is 67.9 Å². The molecule has 6 rings (SSSR count). The Hall–Kier alpha value is -3.72. The van der Waals surface area contributed by atoms with Crippen molar-refractivity contribution in [2.24, 2.45) is 23.7 Å². The highest BCUT2D eigenvalue weighted by Gasteiger charge is 2.47. The molecule has 53 heavy (non-hydrogen) atoms. The number of alkyl carbamates (subject to hydrolysis) is 1. The zero-order chi connectivity index (χ0) is 37.9. The molecule has 2 aliphatic carbocycles. The second-order valence-electron chi connectivity index (χ2n) is 16.2. The highest BCUT2D eigenvalue weighted by Crippen LogP contribution is 2.41. The van der Waals surface area contributed by atoms with E-state index < -0.39 is 46.6 Å². The first-order valence-corrected chi connectivity index (χ1v) is 20.7. The number of alkyl halides is 1. The summed E-state index contributed by atoms with van der Waals surface area (Å²) in [7, 11) is -3.98. The minimum absolute atomic E-state index is 0.0232. The molecule has 15 heteroatoms. The largest absolute Gasteiger partial charge is 0.451 e. The molecule has 4 amide bonds. The molecule has 13 nitrogen and oxygen atoms in total. The summed E-state index contributed by atoms with van der Waals surface area (Å²) in [5.74, 6) is -1.41. The van der Waals surface area contributed by atoms with Crippen LogP contribution in [0.1, 0.15) is 108 Å². The zero-order valence-corrected chi connectivity index (χ0v) is 31.9. The molecule has 3 atom stereocenters. The van der Waals surface area contributed by atoms with Crippen LogP contribution in [0.3, 0.4) is 0 Å². The number of hydrogen-bond donors (Lipinski definition) is 3. The van der Waals surface area contributed by atoms with Crippen LogP contribution in [0.4, 0.5) is 14.9 Å². The quantitative estimate of drug-likeness (QED) is 0.269. The second-order valence-corrected chi connectivity index (χ2v) is 17.9. The van der Waals surface area contributed by atoms with Gasteiger partial charge < -0.3 is 24.7 Å². The predicted octanol–water partition coefficient (Wildman–Crippen LogP) is 5.91. The third-order valence-electron chi connectivity index (χ3n) is 11.4. The van der Waals surface area contributed by atoms with Gasteiger partial charge in [0.2, 0.25) is 11.8 Å². The first-order valence-electron chi connectivity index (χ1n) is 19.2. The van der Waals surface area contributed by atoms with Gasteiger partial charge in [-0.15, -0.1) is 0 Å². The van der Waals surface area contributed by atoms with Crippen molar-refractivity contribution < 1.29 is 41.1 Å². The molecule has 0 spiro atoms. The number of carbonyl (C=O) groups excluding carboxylic acids is 4. The highest BCUT2D eigenvalue weighted by atomic mass is 32.2. The fraction of sp³-hybridized carbons (Fsp3) is 0.684. The molecule has 2 saturated carbocycles. The monoisotopic (exact) mass is 759 g/mol. The Balaban J connectivity index is 1.13. The zero-order valence-electron chi connectivity index (χ0n) is 31.0. The van der Waals surface area contributed by atoms with Gasteiger partial charge in [-0.1, -0.05) is 32.1 Å². The number of halogens is 1. The van der Waals surface area contributed by atoms with E-state index >= 15 is 0 Å². The number of amides is 4. The number of nitrogens with zero attached hydrogens (tertiary/aromatic N) is 2. The number of furan rings is 1. The van der Waals surface area contributed by atoms with E-state index in [1.54, 1.807) is 43.9 Å². The summed E-state index contributed by atoms with van der Waals surface area (Å²) >= 11 is 0. The number of ether oxygens (including phenoxy) is 1. The molecule has 2 saturated heterocycles. The van der Waals surface area contributed by atoms with E-state index in [0.717, 1.165) is 44.9 Å². The summed E-state index contributed by atoms with van der Waals surface area (Å²) in [6.45, 7) is 5.74. The lowest BCUT2D eigenvalue weighted by Gasteiger charge is -2.37. The van der Waals surface area contributed by atoms with Crippen molar-refractivity contribution in [3.8, 4) is 0 Å². The summed E-state index contributed by atoms with van der Waals surface area (Å²) in [5.41, 5.74) is 0.129. The summed E-state index contributed by atoms with van der Waals surface area (Å²) < 4.78 is 53.6. The maximum Gasteiger partial charge on any atom is 0.407 e. The Morgan fingerprint density at radius 3 is 2.28 bits per heavy atom. The average Bonchev–Trinajstić information content (AvgIpc) is 3.90. The Morgan fingerprint density at radius 2 is 1.62 bits per heavy atom. The Bertz CT molecular complexity index is 1760. The van der Waals surface area contributed by atoms with Gasteiger partial charge in [0.05, 0.1) is 6.04 Å². The lowest BCUT2D eigenvalue weighted by Crippen LogP contribution is -2.50. The van der Waals surface area contributed by atoms with Crippen LogP contribution in [0.5, 0.6) is 0 Å². The van der Waals surface area contributed by atoms with Crippen LogP contribution in [0.2, 0.25) is 0 Å². The van der Waals surface area contributed by atoms with Gasteiger partial charge in [0.1, 0.15) is 23.9 Å². The molecule has 3 heterocycles. The molecule has 4 fully saturated rings. The van der Waals surface area contributed by atoms with Crippen LogP contribution in [-0.4, -0.2) is 85.4 Å². The standard InChI is InChI=1S/C38H54FN5O8S/c1-38(2,3)52-37(48)41-30(23-39)25-11-13-26(14-12-25)36(47)44-20-17-29(24-9-5-4-6-10-24)33(44)35(46)40-28-15-16-31-27(21-28)22-32(51-31)34(45)42-53(49,50)43-18-7-8-19-43/h15-16,21-22,24-26,29-30,33H,4-14,17-20,23H2,1-3H3,(H,40,46)(H,41,48)(H,42,45)/t25-,26-,29-,30+,33-/m0/s1. The third kappa shape index (κ3) is 9.33. The van der Waals surface area contributed by atoms with E-state index in [-0.39, 0.29) is 35.3 Å². The molecule has 1 aromatic heterocycles. The number of carbonyl (C=O) groups is 4. The number of hydrogen-bond acceptors (Lipinski definition) is 8. The fourth-order valence-corrected chi connectivity index (χ4v) is 10.0. The average molecular weight is 760 g/mol. The number of likely N-dealkylation sites (tertiary alicyclic amines) is 1. The Morgan fingerprint density at radius 1 is 0.925 bits per heavy atom. The third-order valence-corrected chi connectivity index (χ3v) is 12.9. The van der Waals surface area contributed by atoms with Crippen molar-refractivity contribution in [3.05, 3.63) is 30.0 Å². The second kappa shape index (κ2) is 16.3. The first-order chi connectivity index (χ1) is 25.2. The minimum Gasteiger partial charge on any atom is -0.451 e. The Kier molecular flexibility index (Phi) is 12.0. The molecule has 0 radical (unpaired) electrons. The lowest BCUT2D eigenvalue weighted by atomic mass is 9.76. The number of nitrogens with one attached hydrogen (secondary N) is 3. The van der Waals surface area contributed by atoms with Crippen molar-refractivity contribution in [2.45, 2.75) is 116 Å². The molecule has 292 valence electrons. The van der Waals surface area contributed by atoms with Gasteiger partial charge in [0.15, 0.2) is 5.76 Å². The van der Waals surface area contributed by atoms with Gasteiger partial charge in [-0.25, -0.2) is 13.9 Å². The van der Waals surface area contributed by atoms with Crippen molar-refractivity contribution in [2.75, 3.05) is 31.6 Å². The van der Waals surface area contributed by atoms with Crippen LogP contribution >= 0.6 is 0 Å². The molecule has 4 aliphatic rings. The summed E-state index contributed by atoms with van der Waals surface area (Å²) in [5, 5.41) is 6.23. The number of rotatable bonds is 10. The van der Waals surface area contributed by atoms with Crippen LogP contribution < -0.4 is 15.4 Å². The van der Waals surface area contributed by atoms with E-state index in [1.807, 2.05) is 0 Å². The maximum absolute atomic E-state index is 14.2. The number of anilines is 1. The highest BCUT2D eigenvalue weighted by molar-refractivity contribution is 7.87. The number of fused-ring (bicyclic) bond motifs is 1. The lowest BCUT2D eigenvalue weighted by molar-refractivity contribution is -0.142. The van der Waals surface area contributed by atoms with Gasteiger partial charge in [-0.2, -0.15) is 12.7 Å². The maximum atomic E-state index is 14.2. The first kappa shape index (κ1) is 39.0. The van der Waals surface area contributed by atoms with Gasteiger partial charge >= 0.3 is 22.2 Å². The minimum atomic E-state index is -3.98. The van der Waals surface area contributed by atoms with Gasteiger partial charge in [0, 0.05) is 36.6 Å². The van der Waals surface area contributed by atoms with Crippen LogP contribution in [0, 0.1) is 23.7 Å². The van der Waals surface area contributed by atoms with E-state index in [9.17, 15) is 32.0 Å². The van der Waals surface area contributed by atoms with Crippen LogP contribution in [-0.2, 0) is 24.5 Å². The molecule has 2 aliphatic heterocycles. The van der Waals surface area contributed by atoms with E-state index in [1.165, 1.54) is 16.8 Å². The molecular weight excluding hydrogens is 706 g/mol. The van der Waals surface area contributed by atoms with E-state index in [2.05, 4.69) is 15.4 Å². The SMILES string of the molecule is CC(C)(C)OC(=O)N[C@H](CF)[C@H]1CC[C@H](C(=O)N2CC[C@@H](C3CCCCC3)[C@H]2C(=O)Nc2ccc3oc(C(=O)NS(=O)(=O)N4CCCC4)cc3c2)CC1. The predicted molar refractivity (Wildman–Crippen MR) is 197 cm³/mol. The van der Waals surface area contributed by atoms with Gasteiger partial charge in [-0.3, -0.25) is 14.4 Å². The molecule has 0 unspecified atom stereocenters. The Labute approximate surface area is 311 Å². The number of benzene rings is 1. The van der Waals surface area contributed by atoms with Crippen molar-refractivity contribution >= 4 is 50.7 Å². The van der Waals surface area contributed by atoms with Crippen LogP contribution in [0.15, 0.2) is 28.7 Å². The molecule has 1 aromatic carbocycles. The van der Waals surface area contributed by atoms with Gasteiger partial charge in [0.25, 0.3) is 0 Å². The smallest absolute Gasteiger partial charge is 0.407 e. The van der Waals surface area contributed by atoms with Crippen molar-refractivity contribution in [3.63, 3.8) is 0 Å². The van der Waals surface area contributed by atoms with Crippen molar-refractivity contribution in [1.29, 1.82) is 0 Å². The normalized spacial score (nSPS) is 25.2. The molecule has 3 N–H and O–H groups in total.